The normalized spacial score (nSPS) is 41.6. The third kappa shape index (κ3) is 21.5. The third-order valence-electron chi connectivity index (χ3n) is 11.4. The summed E-state index contributed by atoms with van der Waals surface area (Å²) in [6.07, 6.45) is 4.65. The first kappa shape index (κ1) is 57.9. The molecule has 0 saturated carbocycles. The van der Waals surface area contributed by atoms with Gasteiger partial charge in [-0.05, 0) is 26.2 Å². The van der Waals surface area contributed by atoms with E-state index in [9.17, 15) is 65.4 Å². The highest BCUT2D eigenvalue weighted by Gasteiger charge is 2.48. The Bertz CT molecular complexity index is 1760. The molecule has 68 heavy (non-hydrogen) atoms. The summed E-state index contributed by atoms with van der Waals surface area (Å²) in [5.74, 6) is -3.33. The van der Waals surface area contributed by atoms with Crippen LogP contribution in [0.2, 0.25) is 0 Å². The lowest BCUT2D eigenvalue weighted by atomic mass is 9.87. The number of aliphatic hydroxyl groups is 10. The van der Waals surface area contributed by atoms with Crippen LogP contribution in [-0.2, 0) is 23.7 Å². The van der Waals surface area contributed by atoms with E-state index in [4.69, 9.17) is 30.4 Å². The number of allylic oxidation sites excluding steroid dienone is 12. The fourth-order valence-electron chi connectivity index (χ4n) is 7.66. The molecule has 2 fully saturated rings. The van der Waals surface area contributed by atoms with Crippen molar-refractivity contribution in [1.29, 1.82) is 0 Å². The second-order valence-corrected chi connectivity index (χ2v) is 17.4. The van der Waals surface area contributed by atoms with Gasteiger partial charge in [-0.1, -0.05) is 92.0 Å². The number of rotatable bonds is 3. The number of aliphatic hydroxyl groups excluding tert-OH is 9. The molecule has 384 valence electrons. The largest absolute Gasteiger partial charge is 0.462 e. The molecule has 22 nitrogen and oxygen atoms in total. The van der Waals surface area contributed by atoms with Crippen LogP contribution in [0.3, 0.4) is 0 Å². The minimum absolute atomic E-state index is 0.117. The van der Waals surface area contributed by atoms with E-state index in [1.165, 1.54) is 6.08 Å². The lowest BCUT2D eigenvalue weighted by Crippen LogP contribution is -2.64. The van der Waals surface area contributed by atoms with Crippen molar-refractivity contribution in [2.75, 3.05) is 6.61 Å². The number of carbonyl (C=O) groups excluding carboxylic acids is 3. The molecule has 4 amide bonds. The summed E-state index contributed by atoms with van der Waals surface area (Å²) in [6.45, 7) is 3.15. The van der Waals surface area contributed by atoms with Crippen LogP contribution in [0.4, 0.5) is 9.59 Å². The van der Waals surface area contributed by atoms with Gasteiger partial charge in [-0.3, -0.25) is 4.79 Å². The average Bonchev–Trinajstić information content (AvgIpc) is 3.25. The zero-order chi connectivity index (χ0) is 50.4. The van der Waals surface area contributed by atoms with Crippen molar-refractivity contribution in [2.45, 2.75) is 169 Å². The number of nitrogens with one attached hydrogen (secondary N) is 3. The summed E-state index contributed by atoms with van der Waals surface area (Å²) in [5.41, 5.74) is 14.9. The van der Waals surface area contributed by atoms with E-state index >= 15 is 0 Å². The first-order chi connectivity index (χ1) is 32.2. The molecule has 17 N–H and O–H groups in total. The van der Waals surface area contributed by atoms with E-state index < -0.39 is 141 Å². The number of hydrogen-bond acceptors (Lipinski definition) is 18. The first-order valence-electron chi connectivity index (χ1n) is 22.7. The van der Waals surface area contributed by atoms with E-state index in [1.807, 2.05) is 17.8 Å². The Morgan fingerprint density at radius 1 is 0.691 bits per heavy atom. The average molecular weight is 968 g/mol. The first-order valence-corrected chi connectivity index (χ1v) is 22.7. The van der Waals surface area contributed by atoms with Gasteiger partial charge in [-0.25, -0.2) is 20.4 Å². The number of carbonyl (C=O) groups is 3. The number of fused-ring (bicyclic) bond motifs is 2. The minimum Gasteiger partial charge on any atom is -0.462 e. The fraction of sp³-hybridized carbons (Fsp3) is 0.630. The number of esters is 1. The molecule has 17 atom stereocenters. The molecule has 0 aromatic heterocycles. The summed E-state index contributed by atoms with van der Waals surface area (Å²) in [7, 11) is 0. The van der Waals surface area contributed by atoms with Crippen molar-refractivity contribution < 1.29 is 84.4 Å². The molecule has 0 aliphatic carbocycles. The fourth-order valence-corrected chi connectivity index (χ4v) is 7.66. The number of ether oxygens (including phenoxy) is 4. The number of hydrazine groups is 1. The van der Waals surface area contributed by atoms with E-state index in [-0.39, 0.29) is 44.6 Å². The number of cyclic esters (lactones) is 1. The van der Waals surface area contributed by atoms with Crippen molar-refractivity contribution in [1.82, 2.24) is 16.2 Å². The van der Waals surface area contributed by atoms with Crippen LogP contribution < -0.4 is 27.6 Å². The Kier molecular flexibility index (Phi) is 25.2. The summed E-state index contributed by atoms with van der Waals surface area (Å²) in [6, 6.07) is -4.61. The standard InChI is InChI=1S/C46H73N5O17/c1-27-15-13-11-9-7-5-3-4-6-8-10-12-14-16-32(67-43-42(61)40(47)37(59)26-65-43)23-38-41(49-45(63)51-50-44(48)62)36(58)25-46(64,68-38)24-31(54)21-35(57)33(55)18-17-29(52)20-30(53)22-39(60)66-28(2)19-34(27)56/h3-16,27-38,40-43,52-59,61,64H,17-26,47H2,1-2H3,(H3,48,50,62)(H2,49,51,63)/b4-3+,7-5+,8-6+,11-9+,12-10+,15-13+,16-14+/t27-,28-,29+,30+,31-,32-,33+,34-,35+,36-,37+,38-,40-,41+,42-,43-,46+/m0/s1. The van der Waals surface area contributed by atoms with Gasteiger partial charge in [0, 0.05) is 38.0 Å². The topological polar surface area (TPSA) is 379 Å². The maximum Gasteiger partial charge on any atom is 0.333 e. The van der Waals surface area contributed by atoms with Crippen LogP contribution in [0, 0.1) is 5.92 Å². The van der Waals surface area contributed by atoms with Gasteiger partial charge in [0.25, 0.3) is 0 Å². The Balaban J connectivity index is 1.89. The van der Waals surface area contributed by atoms with Crippen molar-refractivity contribution >= 4 is 18.0 Å². The van der Waals surface area contributed by atoms with Crippen molar-refractivity contribution in [3.63, 3.8) is 0 Å². The van der Waals surface area contributed by atoms with Gasteiger partial charge < -0.3 is 86.8 Å². The van der Waals surface area contributed by atoms with Crippen LogP contribution in [0.5, 0.6) is 0 Å². The second kappa shape index (κ2) is 29.6. The molecule has 0 radical (unpaired) electrons. The number of nitrogens with two attached hydrogens (primary N) is 2. The molecule has 0 unspecified atom stereocenters. The maximum atomic E-state index is 12.8. The number of primary amides is 1. The van der Waals surface area contributed by atoms with Gasteiger partial charge in [-0.2, -0.15) is 0 Å². The number of amides is 4. The lowest BCUT2D eigenvalue weighted by molar-refractivity contribution is -0.299. The molecule has 0 aromatic rings. The molecule has 2 saturated heterocycles. The quantitative estimate of drug-likeness (QED) is 0.115. The van der Waals surface area contributed by atoms with Gasteiger partial charge in [-0.15, -0.1) is 0 Å². The molecular formula is C46H73N5O17. The molecule has 3 heterocycles. The van der Waals surface area contributed by atoms with Crippen LogP contribution in [0.1, 0.15) is 71.6 Å². The molecular weight excluding hydrogens is 895 g/mol. The van der Waals surface area contributed by atoms with E-state index in [0.717, 1.165) is 0 Å². The second-order valence-electron chi connectivity index (χ2n) is 17.4. The molecule has 0 spiro atoms. The Morgan fingerprint density at radius 2 is 1.29 bits per heavy atom. The molecule has 22 heteroatoms. The van der Waals surface area contributed by atoms with E-state index in [1.54, 1.807) is 85.9 Å². The zero-order valence-electron chi connectivity index (χ0n) is 38.4. The summed E-state index contributed by atoms with van der Waals surface area (Å²) in [4.78, 5) is 36.5. The lowest BCUT2D eigenvalue weighted by Gasteiger charge is -2.46. The minimum atomic E-state index is -2.32. The van der Waals surface area contributed by atoms with Crippen LogP contribution in [-0.4, -0.2) is 173 Å². The third-order valence-corrected chi connectivity index (χ3v) is 11.4. The Hall–Kier alpha value is -4.37. The van der Waals surface area contributed by atoms with Crippen molar-refractivity contribution in [2.24, 2.45) is 17.4 Å². The summed E-state index contributed by atoms with van der Waals surface area (Å²) in [5, 5.41) is 111. The SMILES string of the molecule is C[C@H]1C[C@H](O)[C@@H](C)/C=C/C=C/C=C/C=C/C=C/C=C/C=C/[C@H](O[C@@H]2OC[C@@H](O)[C@H](N)[C@@H]2O)C[C@@H]2O[C@](O)(C[C@@H](O)C[C@@H](O)[C@H](O)CC[C@@H](O)C[C@@H](O)CC(=O)O1)C[C@H](O)[C@H]2NC(=O)NNC(N)=O. The van der Waals surface area contributed by atoms with Gasteiger partial charge in [0.15, 0.2) is 12.1 Å². The van der Waals surface area contributed by atoms with Crippen LogP contribution in [0.15, 0.2) is 85.1 Å². The highest BCUT2D eigenvalue weighted by molar-refractivity contribution is 5.79. The van der Waals surface area contributed by atoms with Gasteiger partial charge in [0.2, 0.25) is 0 Å². The van der Waals surface area contributed by atoms with Gasteiger partial charge in [0.1, 0.15) is 12.2 Å². The van der Waals surface area contributed by atoms with Gasteiger partial charge >= 0.3 is 18.0 Å². The van der Waals surface area contributed by atoms with E-state index in [0.29, 0.717) is 0 Å². The Morgan fingerprint density at radius 3 is 1.91 bits per heavy atom. The Labute approximate surface area is 395 Å². The van der Waals surface area contributed by atoms with Crippen LogP contribution in [0.25, 0.3) is 0 Å². The predicted octanol–water partition coefficient (Wildman–Crippen LogP) is -1.37. The molecule has 3 aliphatic rings. The number of hydrogen-bond donors (Lipinski definition) is 15. The van der Waals surface area contributed by atoms with Crippen molar-refractivity contribution in [3.05, 3.63) is 85.1 Å². The van der Waals surface area contributed by atoms with Gasteiger partial charge in [0.05, 0.1) is 86.2 Å². The highest BCUT2D eigenvalue weighted by atomic mass is 16.7. The monoisotopic (exact) mass is 968 g/mol. The highest BCUT2D eigenvalue weighted by Crippen LogP contribution is 2.35. The smallest absolute Gasteiger partial charge is 0.333 e. The van der Waals surface area contributed by atoms with Crippen LogP contribution >= 0.6 is 0 Å². The molecule has 2 bridgehead atoms. The van der Waals surface area contributed by atoms with Crippen molar-refractivity contribution in [3.8, 4) is 0 Å². The molecule has 3 aliphatic heterocycles. The maximum absolute atomic E-state index is 12.8. The molecule has 3 rings (SSSR count). The van der Waals surface area contributed by atoms with E-state index in [2.05, 4.69) is 5.32 Å². The summed E-state index contributed by atoms with van der Waals surface area (Å²) < 4.78 is 23.1. The molecule has 0 aromatic carbocycles. The predicted molar refractivity (Wildman–Crippen MR) is 245 cm³/mol. The summed E-state index contributed by atoms with van der Waals surface area (Å²) >= 11 is 0. The zero-order valence-corrected chi connectivity index (χ0v) is 38.4. The number of urea groups is 2.